The summed E-state index contributed by atoms with van der Waals surface area (Å²) in [5.74, 6) is -4.17. The van der Waals surface area contributed by atoms with Crippen LogP contribution in [0, 0.1) is 0 Å². The van der Waals surface area contributed by atoms with Crippen molar-refractivity contribution in [3.63, 3.8) is 0 Å². The van der Waals surface area contributed by atoms with Crippen molar-refractivity contribution in [1.29, 1.82) is 0 Å². The highest BCUT2D eigenvalue weighted by molar-refractivity contribution is 7.19. The standard InChI is InChI=1S/C16H17F2NO4S/c1-15(2,3)23-14(21)22-9-5-6-11-10(7-9)19-13(24-11)8-12(20)16(4,17)18/h5-8,20H,1-4H3. The van der Waals surface area contributed by atoms with Crippen molar-refractivity contribution in [2.75, 3.05) is 0 Å². The Balaban J connectivity index is 2.22. The number of aliphatic hydroxyl groups excluding tert-OH is 1. The number of hydrogen-bond acceptors (Lipinski definition) is 6. The molecule has 0 amide bonds. The van der Waals surface area contributed by atoms with Crippen LogP contribution in [0.3, 0.4) is 0 Å². The van der Waals surface area contributed by atoms with Crippen molar-refractivity contribution in [1.82, 2.24) is 4.98 Å². The van der Waals surface area contributed by atoms with Gasteiger partial charge in [0.25, 0.3) is 0 Å². The van der Waals surface area contributed by atoms with E-state index >= 15 is 0 Å². The fourth-order valence-electron chi connectivity index (χ4n) is 1.66. The molecule has 2 aromatic rings. The lowest BCUT2D eigenvalue weighted by Gasteiger charge is -2.18. The number of rotatable bonds is 3. The van der Waals surface area contributed by atoms with E-state index in [1.807, 2.05) is 0 Å². The van der Waals surface area contributed by atoms with Crippen molar-refractivity contribution in [3.05, 3.63) is 29.0 Å². The summed E-state index contributed by atoms with van der Waals surface area (Å²) in [6.07, 6.45) is 0.0689. The topological polar surface area (TPSA) is 68.7 Å². The highest BCUT2D eigenvalue weighted by atomic mass is 32.1. The second-order valence-corrected chi connectivity index (χ2v) is 7.23. The molecule has 2 rings (SSSR count). The monoisotopic (exact) mass is 357 g/mol. The van der Waals surface area contributed by atoms with E-state index in [2.05, 4.69) is 4.98 Å². The summed E-state index contributed by atoms with van der Waals surface area (Å²) >= 11 is 1.13. The van der Waals surface area contributed by atoms with Gasteiger partial charge in [-0.05, 0) is 32.9 Å². The van der Waals surface area contributed by atoms with Crippen molar-refractivity contribution in [2.45, 2.75) is 39.2 Å². The summed E-state index contributed by atoms with van der Waals surface area (Å²) in [6.45, 7) is 5.74. The molecule has 130 valence electrons. The van der Waals surface area contributed by atoms with Crippen LogP contribution in [0.1, 0.15) is 32.7 Å². The molecule has 0 aliphatic carbocycles. The highest BCUT2D eigenvalue weighted by Crippen LogP contribution is 2.29. The smallest absolute Gasteiger partial charge is 0.506 e. The van der Waals surface area contributed by atoms with Gasteiger partial charge in [0, 0.05) is 19.1 Å². The third-order valence-electron chi connectivity index (χ3n) is 2.68. The van der Waals surface area contributed by atoms with E-state index in [0.717, 1.165) is 17.4 Å². The van der Waals surface area contributed by atoms with E-state index in [1.165, 1.54) is 6.07 Å². The highest BCUT2D eigenvalue weighted by Gasteiger charge is 2.27. The number of benzene rings is 1. The third-order valence-corrected chi connectivity index (χ3v) is 3.66. The molecule has 0 aliphatic heterocycles. The molecular weight excluding hydrogens is 340 g/mol. The molecule has 1 aromatic heterocycles. The van der Waals surface area contributed by atoms with Gasteiger partial charge in [-0.15, -0.1) is 11.3 Å². The number of thiazole rings is 1. The van der Waals surface area contributed by atoms with Gasteiger partial charge in [-0.3, -0.25) is 0 Å². The lowest BCUT2D eigenvalue weighted by molar-refractivity contribution is 0.0200. The molecule has 0 spiro atoms. The lowest BCUT2D eigenvalue weighted by Crippen LogP contribution is -2.25. The Hall–Kier alpha value is -2.22. The SMILES string of the molecule is CC(C)(C)OC(=O)Oc1ccc2sc(C=C(O)C(C)(F)F)nc2c1. The van der Waals surface area contributed by atoms with E-state index in [0.29, 0.717) is 17.1 Å². The van der Waals surface area contributed by atoms with E-state index in [1.54, 1.807) is 32.9 Å². The van der Waals surface area contributed by atoms with Gasteiger partial charge >= 0.3 is 12.1 Å². The Morgan fingerprint density at radius 1 is 1.29 bits per heavy atom. The zero-order chi connectivity index (χ0) is 18.1. The van der Waals surface area contributed by atoms with Crippen LogP contribution >= 0.6 is 11.3 Å². The predicted octanol–water partition coefficient (Wildman–Crippen LogP) is 5.16. The Morgan fingerprint density at radius 2 is 1.96 bits per heavy atom. The quantitative estimate of drug-likeness (QED) is 0.466. The number of aromatic nitrogens is 1. The molecule has 5 nitrogen and oxygen atoms in total. The van der Waals surface area contributed by atoms with E-state index < -0.39 is 23.4 Å². The maximum Gasteiger partial charge on any atom is 0.514 e. The molecule has 0 bridgehead atoms. The maximum absolute atomic E-state index is 13.0. The first-order valence-electron chi connectivity index (χ1n) is 7.04. The normalized spacial score (nSPS) is 13.2. The Kier molecular flexibility index (Phi) is 4.80. The predicted molar refractivity (Wildman–Crippen MR) is 87.7 cm³/mol. The first-order chi connectivity index (χ1) is 10.9. The lowest BCUT2D eigenvalue weighted by atomic mass is 10.2. The maximum atomic E-state index is 13.0. The van der Waals surface area contributed by atoms with Crippen LogP contribution in [-0.4, -0.2) is 27.8 Å². The summed E-state index contributed by atoms with van der Waals surface area (Å²) in [7, 11) is 0. The fraction of sp³-hybridized carbons (Fsp3) is 0.375. The Bertz CT molecular complexity index is 787. The second kappa shape index (κ2) is 6.35. The number of hydrogen-bond donors (Lipinski definition) is 1. The number of carbonyl (C=O) groups excluding carboxylic acids is 1. The largest absolute Gasteiger partial charge is 0.514 e. The summed E-state index contributed by atoms with van der Waals surface area (Å²) in [5.41, 5.74) is -0.220. The number of halogens is 2. The Morgan fingerprint density at radius 3 is 2.54 bits per heavy atom. The Labute approximate surface area is 141 Å². The molecule has 0 radical (unpaired) electrons. The molecule has 0 aliphatic rings. The van der Waals surface area contributed by atoms with Crippen LogP contribution in [0.2, 0.25) is 0 Å². The number of nitrogens with zero attached hydrogens (tertiary/aromatic N) is 1. The zero-order valence-electron chi connectivity index (χ0n) is 13.6. The third kappa shape index (κ3) is 4.89. The fourth-order valence-corrected chi connectivity index (χ4v) is 2.55. The minimum absolute atomic E-state index is 0.221. The number of carbonyl (C=O) groups is 1. The summed E-state index contributed by atoms with van der Waals surface area (Å²) in [6, 6.07) is 4.69. The van der Waals surface area contributed by atoms with Gasteiger partial charge in [-0.1, -0.05) is 0 Å². The van der Waals surface area contributed by atoms with Crippen LogP contribution in [0.25, 0.3) is 16.3 Å². The molecule has 8 heteroatoms. The van der Waals surface area contributed by atoms with Crippen LogP contribution in [-0.2, 0) is 4.74 Å². The van der Waals surface area contributed by atoms with Gasteiger partial charge in [-0.2, -0.15) is 8.78 Å². The summed E-state index contributed by atoms with van der Waals surface area (Å²) in [5, 5.41) is 9.56. The van der Waals surface area contributed by atoms with E-state index in [4.69, 9.17) is 9.47 Å². The number of fused-ring (bicyclic) bond motifs is 1. The van der Waals surface area contributed by atoms with Crippen LogP contribution in [0.5, 0.6) is 5.75 Å². The van der Waals surface area contributed by atoms with Gasteiger partial charge in [0.05, 0.1) is 10.2 Å². The average molecular weight is 357 g/mol. The molecule has 1 N–H and O–H groups in total. The van der Waals surface area contributed by atoms with Gasteiger partial charge in [-0.25, -0.2) is 9.78 Å². The van der Waals surface area contributed by atoms with Crippen molar-refractivity contribution >= 4 is 33.8 Å². The van der Waals surface area contributed by atoms with Crippen molar-refractivity contribution in [3.8, 4) is 5.75 Å². The molecule has 1 aromatic carbocycles. The van der Waals surface area contributed by atoms with Gasteiger partial charge < -0.3 is 14.6 Å². The molecule has 0 unspecified atom stereocenters. The summed E-state index contributed by atoms with van der Waals surface area (Å²) in [4.78, 5) is 15.8. The van der Waals surface area contributed by atoms with Crippen LogP contribution in [0.4, 0.5) is 13.6 Å². The van der Waals surface area contributed by atoms with E-state index in [-0.39, 0.29) is 10.8 Å². The first kappa shape index (κ1) is 18.1. The number of allylic oxidation sites excluding steroid dienone is 1. The molecular formula is C16H17F2NO4S. The van der Waals surface area contributed by atoms with Crippen LogP contribution < -0.4 is 4.74 Å². The van der Waals surface area contributed by atoms with Gasteiger partial charge in [0.1, 0.15) is 16.4 Å². The minimum Gasteiger partial charge on any atom is -0.506 e. The molecule has 0 saturated carbocycles. The second-order valence-electron chi connectivity index (χ2n) is 6.17. The number of ether oxygens (including phenoxy) is 2. The molecule has 0 saturated heterocycles. The molecule has 24 heavy (non-hydrogen) atoms. The van der Waals surface area contributed by atoms with Crippen LogP contribution in [0.15, 0.2) is 24.0 Å². The van der Waals surface area contributed by atoms with E-state index in [9.17, 15) is 18.7 Å². The summed E-state index contributed by atoms with van der Waals surface area (Å²) < 4.78 is 36.8. The molecule has 1 heterocycles. The minimum atomic E-state index is -3.33. The number of alkyl halides is 2. The van der Waals surface area contributed by atoms with Crippen molar-refractivity contribution < 1.29 is 28.2 Å². The van der Waals surface area contributed by atoms with Gasteiger partial charge in [0.15, 0.2) is 5.76 Å². The molecule has 0 atom stereocenters. The molecule has 0 fully saturated rings. The van der Waals surface area contributed by atoms with Crippen molar-refractivity contribution in [2.24, 2.45) is 0 Å². The zero-order valence-corrected chi connectivity index (χ0v) is 14.4. The van der Waals surface area contributed by atoms with Gasteiger partial charge in [0.2, 0.25) is 0 Å². The first-order valence-corrected chi connectivity index (χ1v) is 7.86. The average Bonchev–Trinajstić information content (AvgIpc) is 2.76. The number of aliphatic hydroxyl groups is 1.